The highest BCUT2D eigenvalue weighted by Crippen LogP contribution is 2.41. The number of aliphatic carboxylic acids is 1. The molecule has 1 amide bonds. The van der Waals surface area contributed by atoms with Crippen molar-refractivity contribution < 1.29 is 19.8 Å². The Morgan fingerprint density at radius 2 is 2.00 bits per heavy atom. The molecule has 5 heteroatoms. The molecule has 1 saturated carbocycles. The zero-order valence-corrected chi connectivity index (χ0v) is 12.1. The largest absolute Gasteiger partial charge is 0.508 e. The third-order valence-corrected chi connectivity index (χ3v) is 4.26. The Morgan fingerprint density at radius 1 is 1.33 bits per heavy atom. The third kappa shape index (κ3) is 3.54. The van der Waals surface area contributed by atoms with E-state index in [-0.39, 0.29) is 24.1 Å². The lowest BCUT2D eigenvalue weighted by molar-refractivity contribution is -0.151. The fourth-order valence-corrected chi connectivity index (χ4v) is 3.00. The summed E-state index contributed by atoms with van der Waals surface area (Å²) in [4.78, 5) is 23.6. The molecule has 114 valence electrons. The molecular formula is C16H21NO4. The van der Waals surface area contributed by atoms with Gasteiger partial charge < -0.3 is 15.5 Å². The van der Waals surface area contributed by atoms with Crippen molar-refractivity contribution in [2.45, 2.75) is 45.1 Å². The summed E-state index contributed by atoms with van der Waals surface area (Å²) in [7, 11) is 0. The van der Waals surface area contributed by atoms with Crippen LogP contribution >= 0.6 is 0 Å². The Morgan fingerprint density at radius 3 is 2.57 bits per heavy atom. The van der Waals surface area contributed by atoms with Crippen molar-refractivity contribution in [3.8, 4) is 5.75 Å². The maximum absolute atomic E-state index is 12.1. The summed E-state index contributed by atoms with van der Waals surface area (Å²) in [5.74, 6) is -0.985. The van der Waals surface area contributed by atoms with E-state index in [1.807, 2.05) is 13.0 Å². The molecule has 1 aliphatic carbocycles. The van der Waals surface area contributed by atoms with Gasteiger partial charge in [-0.25, -0.2) is 0 Å². The molecule has 0 radical (unpaired) electrons. The van der Waals surface area contributed by atoms with E-state index in [1.165, 1.54) is 0 Å². The van der Waals surface area contributed by atoms with Crippen LogP contribution in [0, 0.1) is 5.41 Å². The summed E-state index contributed by atoms with van der Waals surface area (Å²) < 4.78 is 0. The fourth-order valence-electron chi connectivity index (χ4n) is 3.00. The SMILES string of the molecule is CC(NC(=O)CC1(C(=O)O)CCCC1)c1cccc(O)c1. The van der Waals surface area contributed by atoms with Gasteiger partial charge in [0.2, 0.25) is 5.91 Å². The van der Waals surface area contributed by atoms with Gasteiger partial charge in [0.15, 0.2) is 0 Å². The molecule has 1 aromatic carbocycles. The first-order valence-electron chi connectivity index (χ1n) is 7.25. The van der Waals surface area contributed by atoms with Crippen molar-refractivity contribution in [3.63, 3.8) is 0 Å². The number of phenolic OH excluding ortho intramolecular Hbond substituents is 1. The summed E-state index contributed by atoms with van der Waals surface area (Å²) in [6, 6.07) is 6.41. The van der Waals surface area contributed by atoms with Crippen LogP contribution in [0.15, 0.2) is 24.3 Å². The molecule has 0 spiro atoms. The molecular weight excluding hydrogens is 270 g/mol. The Labute approximate surface area is 124 Å². The first-order chi connectivity index (χ1) is 9.93. The molecule has 2 rings (SSSR count). The first-order valence-corrected chi connectivity index (χ1v) is 7.25. The van der Waals surface area contributed by atoms with Crippen LogP contribution in [-0.2, 0) is 9.59 Å². The quantitative estimate of drug-likeness (QED) is 0.778. The molecule has 3 N–H and O–H groups in total. The van der Waals surface area contributed by atoms with E-state index in [1.54, 1.807) is 18.2 Å². The van der Waals surface area contributed by atoms with Gasteiger partial charge >= 0.3 is 5.97 Å². The van der Waals surface area contributed by atoms with Gasteiger partial charge in [0.1, 0.15) is 5.75 Å². The average molecular weight is 291 g/mol. The number of hydrogen-bond donors (Lipinski definition) is 3. The van der Waals surface area contributed by atoms with Crippen LogP contribution in [0.25, 0.3) is 0 Å². The van der Waals surface area contributed by atoms with Gasteiger partial charge in [-0.3, -0.25) is 9.59 Å². The van der Waals surface area contributed by atoms with Crippen molar-refractivity contribution in [1.29, 1.82) is 0 Å². The number of phenols is 1. The van der Waals surface area contributed by atoms with E-state index in [4.69, 9.17) is 0 Å². The number of carbonyl (C=O) groups excluding carboxylic acids is 1. The summed E-state index contributed by atoms with van der Waals surface area (Å²) in [5.41, 5.74) is -0.109. The number of amides is 1. The van der Waals surface area contributed by atoms with Gasteiger partial charge in [-0.2, -0.15) is 0 Å². The Kier molecular flexibility index (Phi) is 4.50. The molecule has 1 aromatic rings. The molecule has 0 aliphatic heterocycles. The minimum absolute atomic E-state index is 0.0193. The molecule has 21 heavy (non-hydrogen) atoms. The van der Waals surface area contributed by atoms with E-state index < -0.39 is 11.4 Å². The third-order valence-electron chi connectivity index (χ3n) is 4.26. The molecule has 1 fully saturated rings. The lowest BCUT2D eigenvalue weighted by Gasteiger charge is -2.24. The maximum Gasteiger partial charge on any atom is 0.310 e. The zero-order chi connectivity index (χ0) is 15.5. The number of carbonyl (C=O) groups is 2. The van der Waals surface area contributed by atoms with E-state index in [9.17, 15) is 19.8 Å². The first kappa shape index (κ1) is 15.4. The monoisotopic (exact) mass is 291 g/mol. The number of rotatable bonds is 5. The second-order valence-electron chi connectivity index (χ2n) is 5.85. The number of benzene rings is 1. The zero-order valence-electron chi connectivity index (χ0n) is 12.1. The van der Waals surface area contributed by atoms with Crippen molar-refractivity contribution in [1.82, 2.24) is 5.32 Å². The van der Waals surface area contributed by atoms with E-state index in [2.05, 4.69) is 5.32 Å². The fraction of sp³-hybridized carbons (Fsp3) is 0.500. The Balaban J connectivity index is 1.99. The van der Waals surface area contributed by atoms with Gasteiger partial charge in [-0.05, 0) is 37.5 Å². The topological polar surface area (TPSA) is 86.6 Å². The van der Waals surface area contributed by atoms with Crippen molar-refractivity contribution in [2.75, 3.05) is 0 Å². The highest BCUT2D eigenvalue weighted by molar-refractivity contribution is 5.85. The molecule has 1 atom stereocenters. The van der Waals surface area contributed by atoms with Gasteiger partial charge in [0.05, 0.1) is 11.5 Å². The summed E-state index contributed by atoms with van der Waals surface area (Å²) in [6.45, 7) is 1.81. The van der Waals surface area contributed by atoms with Crippen LogP contribution in [0.2, 0.25) is 0 Å². The van der Waals surface area contributed by atoms with Gasteiger partial charge in [-0.1, -0.05) is 25.0 Å². The summed E-state index contributed by atoms with van der Waals surface area (Å²) >= 11 is 0. The van der Waals surface area contributed by atoms with E-state index in [0.29, 0.717) is 12.8 Å². The van der Waals surface area contributed by atoms with Crippen LogP contribution in [0.1, 0.15) is 50.6 Å². The molecule has 1 unspecified atom stereocenters. The molecule has 1 aliphatic rings. The van der Waals surface area contributed by atoms with Gasteiger partial charge in [0, 0.05) is 6.42 Å². The van der Waals surface area contributed by atoms with Crippen LogP contribution in [0.4, 0.5) is 0 Å². The number of aromatic hydroxyl groups is 1. The van der Waals surface area contributed by atoms with E-state index in [0.717, 1.165) is 18.4 Å². The maximum atomic E-state index is 12.1. The normalized spacial score (nSPS) is 18.1. The molecule has 5 nitrogen and oxygen atoms in total. The van der Waals surface area contributed by atoms with Crippen LogP contribution in [0.5, 0.6) is 5.75 Å². The van der Waals surface area contributed by atoms with Crippen LogP contribution in [0.3, 0.4) is 0 Å². The number of carboxylic acid groups (broad SMARTS) is 1. The van der Waals surface area contributed by atoms with E-state index >= 15 is 0 Å². The predicted molar refractivity (Wildman–Crippen MR) is 77.8 cm³/mol. The second kappa shape index (κ2) is 6.16. The van der Waals surface area contributed by atoms with Crippen molar-refractivity contribution in [3.05, 3.63) is 29.8 Å². The van der Waals surface area contributed by atoms with Crippen molar-refractivity contribution >= 4 is 11.9 Å². The molecule has 0 saturated heterocycles. The molecule has 0 heterocycles. The minimum atomic E-state index is -0.900. The Bertz CT molecular complexity index is 535. The number of hydrogen-bond acceptors (Lipinski definition) is 3. The van der Waals surface area contributed by atoms with Gasteiger partial charge in [0.25, 0.3) is 0 Å². The smallest absolute Gasteiger partial charge is 0.310 e. The average Bonchev–Trinajstić information content (AvgIpc) is 2.88. The van der Waals surface area contributed by atoms with Crippen molar-refractivity contribution in [2.24, 2.45) is 5.41 Å². The second-order valence-corrected chi connectivity index (χ2v) is 5.85. The summed E-state index contributed by atoms with van der Waals surface area (Å²) in [5, 5.41) is 21.7. The number of nitrogens with one attached hydrogen (secondary N) is 1. The lowest BCUT2D eigenvalue weighted by Crippen LogP contribution is -2.36. The highest BCUT2D eigenvalue weighted by Gasteiger charge is 2.43. The van der Waals surface area contributed by atoms with Gasteiger partial charge in [-0.15, -0.1) is 0 Å². The highest BCUT2D eigenvalue weighted by atomic mass is 16.4. The molecule has 0 bridgehead atoms. The van der Waals surface area contributed by atoms with Crippen LogP contribution < -0.4 is 5.32 Å². The lowest BCUT2D eigenvalue weighted by atomic mass is 9.82. The minimum Gasteiger partial charge on any atom is -0.508 e. The Hall–Kier alpha value is -2.04. The summed E-state index contributed by atoms with van der Waals surface area (Å²) in [6.07, 6.45) is 2.88. The number of carboxylic acids is 1. The predicted octanol–water partition coefficient (Wildman–Crippen LogP) is 2.60. The van der Waals surface area contributed by atoms with Crippen LogP contribution in [-0.4, -0.2) is 22.1 Å². The molecule has 0 aromatic heterocycles. The standard InChI is InChI=1S/C16H21NO4/c1-11(12-5-4-6-13(18)9-12)17-14(19)10-16(15(20)21)7-2-3-8-16/h4-6,9,11,18H,2-3,7-8,10H2,1H3,(H,17,19)(H,20,21).